The number of methoxy groups -OCH3 is 2. The third-order valence-electron chi connectivity index (χ3n) is 5.96. The van der Waals surface area contributed by atoms with E-state index in [1.165, 1.54) is 11.3 Å². The van der Waals surface area contributed by atoms with Gasteiger partial charge in [0.2, 0.25) is 0 Å². The lowest BCUT2D eigenvalue weighted by Gasteiger charge is -2.26. The van der Waals surface area contributed by atoms with Crippen molar-refractivity contribution in [1.29, 1.82) is 0 Å². The molecule has 1 aliphatic heterocycles. The Morgan fingerprint density at radius 2 is 1.79 bits per heavy atom. The number of ether oxygens (including phenoxy) is 3. The number of amides is 1. The average molecular weight is 476 g/mol. The predicted octanol–water partition coefficient (Wildman–Crippen LogP) is 4.70. The van der Waals surface area contributed by atoms with Crippen LogP contribution < -0.4 is 15.2 Å². The summed E-state index contributed by atoms with van der Waals surface area (Å²) >= 11 is 1.33. The summed E-state index contributed by atoms with van der Waals surface area (Å²) in [5, 5.41) is 0.743. The van der Waals surface area contributed by atoms with Crippen molar-refractivity contribution in [3.8, 4) is 33.9 Å². The third kappa shape index (κ3) is 3.95. The Morgan fingerprint density at radius 1 is 1.03 bits per heavy atom. The van der Waals surface area contributed by atoms with Crippen LogP contribution in [-0.2, 0) is 4.74 Å². The fourth-order valence-electron chi connectivity index (χ4n) is 4.18. The van der Waals surface area contributed by atoms with Gasteiger partial charge in [-0.05, 0) is 24.3 Å². The molecule has 2 N–H and O–H groups in total. The van der Waals surface area contributed by atoms with Crippen LogP contribution in [0.1, 0.15) is 9.67 Å². The minimum Gasteiger partial charge on any atom is -0.497 e. The van der Waals surface area contributed by atoms with Crippen molar-refractivity contribution < 1.29 is 19.0 Å². The number of pyridine rings is 1. The molecule has 1 amide bonds. The quantitative estimate of drug-likeness (QED) is 0.450. The maximum atomic E-state index is 13.3. The molecule has 3 heterocycles. The molecule has 1 aliphatic rings. The number of hydrogen-bond donors (Lipinski definition) is 1. The van der Waals surface area contributed by atoms with Gasteiger partial charge in [0.15, 0.2) is 0 Å². The van der Waals surface area contributed by atoms with Gasteiger partial charge in [-0.15, -0.1) is 11.3 Å². The lowest BCUT2D eigenvalue weighted by atomic mass is 9.98. The highest BCUT2D eigenvalue weighted by Gasteiger charge is 2.27. The van der Waals surface area contributed by atoms with Gasteiger partial charge in [-0.3, -0.25) is 4.79 Å². The van der Waals surface area contributed by atoms with Gasteiger partial charge >= 0.3 is 0 Å². The Kier molecular flexibility index (Phi) is 6.08. The Balaban J connectivity index is 1.76. The smallest absolute Gasteiger partial charge is 0.266 e. The summed E-state index contributed by atoms with van der Waals surface area (Å²) in [7, 11) is 3.26. The summed E-state index contributed by atoms with van der Waals surface area (Å²) in [4.78, 5) is 21.2. The van der Waals surface area contributed by atoms with Gasteiger partial charge in [-0.25, -0.2) is 4.98 Å². The number of fused-ring (bicyclic) bond motifs is 1. The van der Waals surface area contributed by atoms with E-state index in [1.54, 1.807) is 19.1 Å². The number of carbonyl (C=O) groups excluding carboxylic acids is 1. The van der Waals surface area contributed by atoms with E-state index >= 15 is 0 Å². The van der Waals surface area contributed by atoms with Crippen LogP contribution >= 0.6 is 11.3 Å². The van der Waals surface area contributed by atoms with Crippen LogP contribution in [-0.4, -0.2) is 56.3 Å². The fourth-order valence-corrected chi connectivity index (χ4v) is 5.27. The highest BCUT2D eigenvalue weighted by molar-refractivity contribution is 7.21. The van der Waals surface area contributed by atoms with E-state index in [9.17, 15) is 4.79 Å². The van der Waals surface area contributed by atoms with E-state index in [2.05, 4.69) is 0 Å². The first-order chi connectivity index (χ1) is 16.6. The Labute approximate surface area is 201 Å². The van der Waals surface area contributed by atoms with Crippen LogP contribution in [0.15, 0.2) is 54.6 Å². The number of nitrogen functional groups attached to an aromatic ring is 1. The number of morpholine rings is 1. The fraction of sp³-hybridized carbons (Fsp3) is 0.231. The van der Waals surface area contributed by atoms with Gasteiger partial charge in [0.1, 0.15) is 21.2 Å². The number of aromatic nitrogens is 1. The summed E-state index contributed by atoms with van der Waals surface area (Å²) in [6.07, 6.45) is 0. The molecule has 0 atom stereocenters. The monoisotopic (exact) mass is 475 g/mol. The summed E-state index contributed by atoms with van der Waals surface area (Å²) in [6.45, 7) is 2.15. The maximum Gasteiger partial charge on any atom is 0.266 e. The van der Waals surface area contributed by atoms with Crippen LogP contribution in [0, 0.1) is 0 Å². The largest absolute Gasteiger partial charge is 0.497 e. The van der Waals surface area contributed by atoms with Gasteiger partial charge in [0, 0.05) is 35.2 Å². The molecule has 2 aromatic carbocycles. The first-order valence-corrected chi connectivity index (χ1v) is 11.8. The summed E-state index contributed by atoms with van der Waals surface area (Å²) in [5.74, 6) is 1.29. The molecule has 34 heavy (non-hydrogen) atoms. The van der Waals surface area contributed by atoms with Gasteiger partial charge in [-0.2, -0.15) is 0 Å². The second kappa shape index (κ2) is 9.32. The molecular formula is C26H25N3O4S. The topological polar surface area (TPSA) is 86.9 Å². The first kappa shape index (κ1) is 22.2. The summed E-state index contributed by atoms with van der Waals surface area (Å²) in [6, 6.07) is 17.6. The zero-order valence-corrected chi connectivity index (χ0v) is 19.9. The molecule has 0 saturated carbocycles. The van der Waals surface area contributed by atoms with Gasteiger partial charge in [-0.1, -0.05) is 30.3 Å². The molecule has 0 aliphatic carbocycles. The van der Waals surface area contributed by atoms with Crippen LogP contribution in [0.4, 0.5) is 5.69 Å². The van der Waals surface area contributed by atoms with Crippen molar-refractivity contribution in [2.45, 2.75) is 0 Å². The van der Waals surface area contributed by atoms with E-state index in [4.69, 9.17) is 24.9 Å². The number of benzene rings is 2. The van der Waals surface area contributed by atoms with E-state index in [-0.39, 0.29) is 5.91 Å². The Bertz CT molecular complexity index is 1350. The average Bonchev–Trinajstić information content (AvgIpc) is 3.24. The second-order valence-corrected chi connectivity index (χ2v) is 8.92. The number of hydrogen-bond acceptors (Lipinski definition) is 7. The van der Waals surface area contributed by atoms with E-state index < -0.39 is 0 Å². The van der Waals surface area contributed by atoms with Crippen molar-refractivity contribution in [3.63, 3.8) is 0 Å². The molecule has 7 nitrogen and oxygen atoms in total. The van der Waals surface area contributed by atoms with Crippen molar-refractivity contribution in [2.75, 3.05) is 46.3 Å². The predicted molar refractivity (Wildman–Crippen MR) is 135 cm³/mol. The van der Waals surface area contributed by atoms with Gasteiger partial charge in [0.25, 0.3) is 5.91 Å². The third-order valence-corrected chi connectivity index (χ3v) is 7.05. The molecule has 0 unspecified atom stereocenters. The number of rotatable bonds is 5. The van der Waals surface area contributed by atoms with Crippen molar-refractivity contribution in [1.82, 2.24) is 9.88 Å². The SMILES string of the molecule is COc1ccc(OC)c(-c2cc(-c3ccccc3)nc3sc(C(=O)N4CCOCC4)c(N)c23)c1. The summed E-state index contributed by atoms with van der Waals surface area (Å²) in [5.41, 5.74) is 10.5. The number of anilines is 1. The molecular weight excluding hydrogens is 450 g/mol. The molecule has 2 aromatic heterocycles. The maximum absolute atomic E-state index is 13.3. The van der Waals surface area contributed by atoms with Crippen LogP contribution in [0.3, 0.4) is 0 Å². The van der Waals surface area contributed by atoms with Gasteiger partial charge in [0.05, 0.1) is 38.8 Å². The highest BCUT2D eigenvalue weighted by atomic mass is 32.1. The minimum absolute atomic E-state index is 0.0892. The highest BCUT2D eigenvalue weighted by Crippen LogP contribution is 2.45. The zero-order chi connectivity index (χ0) is 23.7. The number of thiophene rings is 1. The van der Waals surface area contributed by atoms with E-state index in [0.29, 0.717) is 53.2 Å². The molecule has 174 valence electrons. The molecule has 1 saturated heterocycles. The normalized spacial score (nSPS) is 13.8. The van der Waals surface area contributed by atoms with E-state index in [1.807, 2.05) is 54.6 Å². The molecule has 8 heteroatoms. The molecule has 4 aromatic rings. The Hall–Kier alpha value is -3.62. The molecule has 0 bridgehead atoms. The first-order valence-electron chi connectivity index (χ1n) is 11.0. The van der Waals surface area contributed by atoms with Crippen LogP contribution in [0.5, 0.6) is 11.5 Å². The standard InChI is InChI=1S/C26H25N3O4S/c1-31-17-8-9-21(32-2)18(14-17)19-15-20(16-6-4-3-5-7-16)28-25-22(19)23(27)24(34-25)26(30)29-10-12-33-13-11-29/h3-9,14-15H,10-13,27H2,1-2H3. The molecule has 0 spiro atoms. The number of carbonyl (C=O) groups is 1. The molecule has 0 radical (unpaired) electrons. The number of nitrogens with zero attached hydrogens (tertiary/aromatic N) is 2. The number of nitrogens with two attached hydrogens (primary N) is 1. The summed E-state index contributed by atoms with van der Waals surface area (Å²) < 4.78 is 16.6. The van der Waals surface area contributed by atoms with Crippen LogP contribution in [0.2, 0.25) is 0 Å². The Morgan fingerprint density at radius 3 is 2.50 bits per heavy atom. The minimum atomic E-state index is -0.0892. The second-order valence-electron chi connectivity index (χ2n) is 7.92. The van der Waals surface area contributed by atoms with Crippen molar-refractivity contribution >= 4 is 33.1 Å². The van der Waals surface area contributed by atoms with Gasteiger partial charge < -0.3 is 24.8 Å². The van der Waals surface area contributed by atoms with Crippen molar-refractivity contribution in [2.24, 2.45) is 0 Å². The van der Waals surface area contributed by atoms with Crippen LogP contribution in [0.25, 0.3) is 32.6 Å². The lowest BCUT2D eigenvalue weighted by Crippen LogP contribution is -2.40. The lowest BCUT2D eigenvalue weighted by molar-refractivity contribution is 0.0307. The zero-order valence-electron chi connectivity index (χ0n) is 19.0. The van der Waals surface area contributed by atoms with E-state index in [0.717, 1.165) is 27.8 Å². The van der Waals surface area contributed by atoms with Crippen molar-refractivity contribution in [3.05, 3.63) is 59.5 Å². The molecule has 1 fully saturated rings. The molecule has 5 rings (SSSR count).